The van der Waals surface area contributed by atoms with Crippen LogP contribution < -0.4 is 5.73 Å². The predicted octanol–water partition coefficient (Wildman–Crippen LogP) is 2.08. The summed E-state index contributed by atoms with van der Waals surface area (Å²) >= 11 is 0. The fraction of sp³-hybridized carbons (Fsp3) is 0.722. The number of hydrogen-bond donors (Lipinski definition) is 2. The van der Waals surface area contributed by atoms with Crippen molar-refractivity contribution in [3.8, 4) is 0 Å². The molecule has 0 radical (unpaired) electrons. The molecule has 24 heavy (non-hydrogen) atoms. The van der Waals surface area contributed by atoms with E-state index in [-0.39, 0.29) is 24.3 Å². The van der Waals surface area contributed by atoms with E-state index in [1.165, 1.54) is 17.1 Å². The van der Waals surface area contributed by atoms with Gasteiger partial charge in [-0.25, -0.2) is 0 Å². The summed E-state index contributed by atoms with van der Waals surface area (Å²) in [6, 6.07) is 0.174. The Balaban J connectivity index is 1.62. The highest BCUT2D eigenvalue weighted by atomic mass is 16.4. The average Bonchev–Trinajstić information content (AvgIpc) is 2.86. The van der Waals surface area contributed by atoms with Gasteiger partial charge >= 0.3 is 5.97 Å². The van der Waals surface area contributed by atoms with Crippen molar-refractivity contribution in [1.82, 2.24) is 4.90 Å². The first-order valence-corrected chi connectivity index (χ1v) is 8.98. The Bertz CT molecular complexity index is 477. The van der Waals surface area contributed by atoms with Gasteiger partial charge in [-0.05, 0) is 50.4 Å². The summed E-state index contributed by atoms with van der Waals surface area (Å²) in [4.78, 5) is 35.0. The first-order valence-electron chi connectivity index (χ1n) is 8.98. The lowest BCUT2D eigenvalue weighted by Gasteiger charge is -2.33. The number of nitrogens with two attached hydrogens (primary N) is 1. The number of carboxylic acid groups (broad SMARTS) is 1. The molecule has 6 nitrogen and oxygen atoms in total. The fourth-order valence-corrected chi connectivity index (χ4v) is 3.74. The summed E-state index contributed by atoms with van der Waals surface area (Å²) < 4.78 is 0. The molecule has 0 aromatic heterocycles. The van der Waals surface area contributed by atoms with Crippen molar-refractivity contribution >= 4 is 17.8 Å². The first kappa shape index (κ1) is 18.6. The maximum absolute atomic E-state index is 11.6. The van der Waals surface area contributed by atoms with E-state index in [2.05, 4.69) is 0 Å². The van der Waals surface area contributed by atoms with Crippen LogP contribution in [0.3, 0.4) is 0 Å². The topological polar surface area (TPSA) is 101 Å². The van der Waals surface area contributed by atoms with Crippen molar-refractivity contribution in [3.63, 3.8) is 0 Å². The Kier molecular flexibility index (Phi) is 6.97. The van der Waals surface area contributed by atoms with Crippen molar-refractivity contribution in [2.75, 3.05) is 6.54 Å². The molecule has 1 atom stereocenters. The number of carbonyl (C=O) groups excluding carboxylic acids is 2. The van der Waals surface area contributed by atoms with E-state index in [1.54, 1.807) is 0 Å². The summed E-state index contributed by atoms with van der Waals surface area (Å²) in [6.07, 6.45) is 10.6. The molecule has 2 amide bonds. The SMILES string of the molecule is NC(CCCCCC(=O)O)C1CCC(CN2C(=O)C=CC2=O)CC1. The predicted molar refractivity (Wildman–Crippen MR) is 90.0 cm³/mol. The molecule has 2 rings (SSSR count). The van der Waals surface area contributed by atoms with E-state index < -0.39 is 5.97 Å². The molecule has 1 aliphatic carbocycles. The molecular weight excluding hydrogens is 308 g/mol. The molecule has 3 N–H and O–H groups in total. The molecule has 1 unspecified atom stereocenters. The molecule has 0 saturated heterocycles. The van der Waals surface area contributed by atoms with Crippen LogP contribution in [-0.4, -0.2) is 40.4 Å². The van der Waals surface area contributed by atoms with Crippen LogP contribution >= 0.6 is 0 Å². The molecule has 0 aromatic carbocycles. The zero-order valence-corrected chi connectivity index (χ0v) is 14.2. The third-order valence-electron chi connectivity index (χ3n) is 5.27. The highest BCUT2D eigenvalue weighted by molar-refractivity contribution is 6.12. The third-order valence-corrected chi connectivity index (χ3v) is 5.27. The van der Waals surface area contributed by atoms with Crippen molar-refractivity contribution < 1.29 is 19.5 Å². The quantitative estimate of drug-likeness (QED) is 0.496. The molecule has 0 bridgehead atoms. The van der Waals surface area contributed by atoms with Gasteiger partial charge in [-0.1, -0.05) is 12.8 Å². The largest absolute Gasteiger partial charge is 0.481 e. The smallest absolute Gasteiger partial charge is 0.303 e. The molecule has 1 aliphatic heterocycles. The molecule has 2 aliphatic rings. The normalized spacial score (nSPS) is 25.3. The van der Waals surface area contributed by atoms with E-state index in [4.69, 9.17) is 10.8 Å². The number of unbranched alkanes of at least 4 members (excludes halogenated alkanes) is 2. The zero-order valence-electron chi connectivity index (χ0n) is 14.2. The number of carboxylic acids is 1. The molecular formula is C18H28N2O4. The second kappa shape index (κ2) is 8.97. The van der Waals surface area contributed by atoms with Crippen LogP contribution in [0.5, 0.6) is 0 Å². The van der Waals surface area contributed by atoms with E-state index in [1.807, 2.05) is 0 Å². The summed E-state index contributed by atoms with van der Waals surface area (Å²) in [5.74, 6) is -0.233. The zero-order chi connectivity index (χ0) is 17.5. The number of carbonyl (C=O) groups is 3. The summed E-state index contributed by atoms with van der Waals surface area (Å²) in [5, 5.41) is 8.61. The number of nitrogens with zero attached hydrogens (tertiary/aromatic N) is 1. The standard InChI is InChI=1S/C18H28N2O4/c19-15(4-2-1-3-5-18(23)24)14-8-6-13(7-9-14)12-20-16(21)10-11-17(20)22/h10-11,13-15H,1-9,12,19H2,(H,23,24). The van der Waals surface area contributed by atoms with Crippen molar-refractivity contribution in [3.05, 3.63) is 12.2 Å². The van der Waals surface area contributed by atoms with Crippen molar-refractivity contribution in [1.29, 1.82) is 0 Å². The van der Waals surface area contributed by atoms with Crippen LogP contribution in [0.4, 0.5) is 0 Å². The van der Waals surface area contributed by atoms with Crippen LogP contribution in [0.15, 0.2) is 12.2 Å². The van der Waals surface area contributed by atoms with Gasteiger partial charge in [0.1, 0.15) is 0 Å². The number of amides is 2. The number of hydrogen-bond acceptors (Lipinski definition) is 4. The second-order valence-corrected chi connectivity index (χ2v) is 7.06. The fourth-order valence-electron chi connectivity index (χ4n) is 3.74. The maximum Gasteiger partial charge on any atom is 0.303 e. The first-order chi connectivity index (χ1) is 11.5. The lowest BCUT2D eigenvalue weighted by atomic mass is 9.77. The highest BCUT2D eigenvalue weighted by Crippen LogP contribution is 2.32. The Labute approximate surface area is 143 Å². The highest BCUT2D eigenvalue weighted by Gasteiger charge is 2.30. The van der Waals surface area contributed by atoms with Crippen LogP contribution in [-0.2, 0) is 14.4 Å². The van der Waals surface area contributed by atoms with E-state index in [9.17, 15) is 14.4 Å². The minimum Gasteiger partial charge on any atom is -0.481 e. The van der Waals surface area contributed by atoms with Gasteiger partial charge in [0, 0.05) is 31.2 Å². The number of aliphatic carboxylic acids is 1. The molecule has 6 heteroatoms. The van der Waals surface area contributed by atoms with Crippen LogP contribution in [0, 0.1) is 11.8 Å². The maximum atomic E-state index is 11.6. The summed E-state index contributed by atoms with van der Waals surface area (Å²) in [6.45, 7) is 0.530. The van der Waals surface area contributed by atoms with E-state index >= 15 is 0 Å². The van der Waals surface area contributed by atoms with Gasteiger partial charge in [0.15, 0.2) is 0 Å². The van der Waals surface area contributed by atoms with E-state index in [0.29, 0.717) is 18.4 Å². The van der Waals surface area contributed by atoms with Gasteiger partial charge in [0.25, 0.3) is 11.8 Å². The van der Waals surface area contributed by atoms with Gasteiger partial charge in [0.2, 0.25) is 0 Å². The van der Waals surface area contributed by atoms with Crippen LogP contribution in [0.2, 0.25) is 0 Å². The Morgan fingerprint density at radius 2 is 1.75 bits per heavy atom. The lowest BCUT2D eigenvalue weighted by Crippen LogP contribution is -2.38. The molecule has 1 fully saturated rings. The average molecular weight is 336 g/mol. The monoisotopic (exact) mass is 336 g/mol. The third kappa shape index (κ3) is 5.44. The van der Waals surface area contributed by atoms with Gasteiger partial charge < -0.3 is 10.8 Å². The molecule has 134 valence electrons. The van der Waals surface area contributed by atoms with Crippen molar-refractivity contribution in [2.45, 2.75) is 63.8 Å². The minimum absolute atomic E-state index is 0.174. The second-order valence-electron chi connectivity index (χ2n) is 7.06. The molecule has 0 spiro atoms. The van der Waals surface area contributed by atoms with Crippen molar-refractivity contribution in [2.24, 2.45) is 17.6 Å². The summed E-state index contributed by atoms with van der Waals surface area (Å²) in [7, 11) is 0. The van der Waals surface area contributed by atoms with Gasteiger partial charge in [0.05, 0.1) is 0 Å². The summed E-state index contributed by atoms with van der Waals surface area (Å²) in [5.41, 5.74) is 6.30. The Hall–Kier alpha value is -1.69. The number of imide groups is 1. The number of rotatable bonds is 9. The molecule has 0 aromatic rings. The van der Waals surface area contributed by atoms with Crippen LogP contribution in [0.1, 0.15) is 57.8 Å². The molecule has 1 saturated carbocycles. The van der Waals surface area contributed by atoms with Gasteiger partial charge in [-0.2, -0.15) is 0 Å². The van der Waals surface area contributed by atoms with E-state index in [0.717, 1.165) is 51.4 Å². The Morgan fingerprint density at radius 3 is 2.33 bits per heavy atom. The molecule has 1 heterocycles. The lowest BCUT2D eigenvalue weighted by molar-refractivity contribution is -0.138. The van der Waals surface area contributed by atoms with Gasteiger partial charge in [-0.3, -0.25) is 19.3 Å². The van der Waals surface area contributed by atoms with Crippen LogP contribution in [0.25, 0.3) is 0 Å². The Morgan fingerprint density at radius 1 is 1.12 bits per heavy atom. The van der Waals surface area contributed by atoms with Gasteiger partial charge in [-0.15, -0.1) is 0 Å². The minimum atomic E-state index is -0.734.